The van der Waals surface area contributed by atoms with Gasteiger partial charge in [0.2, 0.25) is 29.5 Å². The van der Waals surface area contributed by atoms with Crippen molar-refractivity contribution in [1.29, 1.82) is 0 Å². The molecular weight excluding hydrogens is 554 g/mol. The zero-order chi connectivity index (χ0) is 30.7. The SMILES string of the molecule is CC(C)[C@H](Nc1ncc(C=O)s1)C(=O)N[C@@H](C)C(=O)N[C@@H](C)C(=O)NCC(=O)N[C@@H](Cc1ccc(O)cc1)C(N)=O. The number of benzene rings is 1. The van der Waals surface area contributed by atoms with Crippen molar-refractivity contribution in [2.45, 2.75) is 58.3 Å². The average Bonchev–Trinajstić information content (AvgIpc) is 3.38. The molecule has 0 spiro atoms. The number of aromatic nitrogens is 1. The molecule has 14 nitrogen and oxygen atoms in total. The molecule has 5 amide bonds. The Labute approximate surface area is 240 Å². The van der Waals surface area contributed by atoms with Crippen LogP contribution < -0.4 is 32.3 Å². The summed E-state index contributed by atoms with van der Waals surface area (Å²) in [7, 11) is 0. The van der Waals surface area contributed by atoms with Gasteiger partial charge in [-0.2, -0.15) is 0 Å². The first-order chi connectivity index (χ1) is 19.3. The third kappa shape index (κ3) is 10.5. The van der Waals surface area contributed by atoms with Gasteiger partial charge in [0.1, 0.15) is 29.9 Å². The number of nitrogens with zero attached hydrogens (tertiary/aromatic N) is 1. The normalized spacial score (nSPS) is 13.7. The van der Waals surface area contributed by atoms with E-state index < -0.39 is 60.2 Å². The molecular formula is C26H35N7O7S. The van der Waals surface area contributed by atoms with Crippen molar-refractivity contribution in [3.8, 4) is 5.75 Å². The molecule has 0 radical (unpaired) electrons. The van der Waals surface area contributed by atoms with Crippen LogP contribution in [0.5, 0.6) is 5.75 Å². The number of phenolic OH excluding ortho intramolecular Hbond substituents is 1. The molecule has 0 saturated heterocycles. The topological polar surface area (TPSA) is 222 Å². The standard InChI is InChI=1S/C26H35N7O7S/c1-13(2)21(33-26-29-10-18(12-34)41-26)25(40)31-15(4)24(39)30-14(3)23(38)28-11-20(36)32-19(22(27)37)9-16-5-7-17(35)8-6-16/h5-8,10,12-15,19,21,35H,9,11H2,1-4H3,(H2,27,37)(H,28,38)(H,29,33)(H,30,39)(H,31,40)(H,32,36)/t14-,15-,19-,21-/m0/s1. The fraction of sp³-hybridized carbons (Fsp3) is 0.423. The second kappa shape index (κ2) is 15.3. The minimum atomic E-state index is -1.05. The predicted molar refractivity (Wildman–Crippen MR) is 151 cm³/mol. The summed E-state index contributed by atoms with van der Waals surface area (Å²) in [6, 6.07) is 2.20. The van der Waals surface area contributed by atoms with Crippen LogP contribution in [0.25, 0.3) is 0 Å². The summed E-state index contributed by atoms with van der Waals surface area (Å²) in [4.78, 5) is 77.3. The van der Waals surface area contributed by atoms with Gasteiger partial charge in [0, 0.05) is 6.42 Å². The van der Waals surface area contributed by atoms with E-state index >= 15 is 0 Å². The summed E-state index contributed by atoms with van der Waals surface area (Å²) in [5, 5.41) is 22.6. The van der Waals surface area contributed by atoms with Crippen molar-refractivity contribution in [3.63, 3.8) is 0 Å². The number of aldehydes is 1. The Kier molecular flexibility index (Phi) is 12.2. The number of aromatic hydroxyl groups is 1. The minimum absolute atomic E-state index is 0.0487. The number of hydrogen-bond acceptors (Lipinski definition) is 10. The van der Waals surface area contributed by atoms with Gasteiger partial charge in [-0.25, -0.2) is 4.98 Å². The molecule has 0 aliphatic carbocycles. The van der Waals surface area contributed by atoms with E-state index in [-0.39, 0.29) is 18.1 Å². The quantitative estimate of drug-likeness (QED) is 0.132. The van der Waals surface area contributed by atoms with Gasteiger partial charge < -0.3 is 37.4 Å². The number of thiazole rings is 1. The van der Waals surface area contributed by atoms with Crippen LogP contribution in [-0.2, 0) is 30.4 Å². The highest BCUT2D eigenvalue weighted by Crippen LogP contribution is 2.19. The third-order valence-corrected chi connectivity index (χ3v) is 6.70. The maximum Gasteiger partial charge on any atom is 0.243 e. The summed E-state index contributed by atoms with van der Waals surface area (Å²) in [6.07, 6.45) is 2.12. The monoisotopic (exact) mass is 589 g/mol. The molecule has 0 aliphatic heterocycles. The van der Waals surface area contributed by atoms with Gasteiger partial charge in [-0.15, -0.1) is 0 Å². The number of rotatable bonds is 15. The maximum atomic E-state index is 12.8. The van der Waals surface area contributed by atoms with Crippen LogP contribution in [0, 0.1) is 5.92 Å². The number of carbonyl (C=O) groups excluding carboxylic acids is 6. The maximum absolute atomic E-state index is 12.8. The number of primary amides is 1. The molecule has 0 aliphatic rings. The molecule has 1 heterocycles. The fourth-order valence-corrected chi connectivity index (χ4v) is 4.17. The first kappa shape index (κ1) is 32.7. The van der Waals surface area contributed by atoms with Crippen molar-refractivity contribution in [2.75, 3.05) is 11.9 Å². The van der Waals surface area contributed by atoms with E-state index in [4.69, 9.17) is 5.73 Å². The Hall–Kier alpha value is -4.53. The predicted octanol–water partition coefficient (Wildman–Crippen LogP) is -0.564. The van der Waals surface area contributed by atoms with Crippen molar-refractivity contribution >= 4 is 52.3 Å². The highest BCUT2D eigenvalue weighted by molar-refractivity contribution is 7.17. The zero-order valence-electron chi connectivity index (χ0n) is 23.1. The fourth-order valence-electron chi connectivity index (χ4n) is 3.50. The number of nitrogens with one attached hydrogen (secondary N) is 5. The lowest BCUT2D eigenvalue weighted by Crippen LogP contribution is -2.55. The van der Waals surface area contributed by atoms with E-state index in [0.29, 0.717) is 21.9 Å². The third-order valence-electron chi connectivity index (χ3n) is 5.85. The van der Waals surface area contributed by atoms with E-state index in [2.05, 4.69) is 31.6 Å². The molecule has 41 heavy (non-hydrogen) atoms. The van der Waals surface area contributed by atoms with Gasteiger partial charge in [0.15, 0.2) is 11.4 Å². The van der Waals surface area contributed by atoms with E-state index in [0.717, 1.165) is 11.3 Å². The van der Waals surface area contributed by atoms with Crippen LogP contribution in [0.4, 0.5) is 5.13 Å². The first-order valence-electron chi connectivity index (χ1n) is 12.7. The summed E-state index contributed by atoms with van der Waals surface area (Å²) in [6.45, 7) is 5.99. The number of phenols is 1. The molecule has 0 fully saturated rings. The summed E-state index contributed by atoms with van der Waals surface area (Å²) < 4.78 is 0. The highest BCUT2D eigenvalue weighted by atomic mass is 32.1. The number of hydrogen-bond donors (Lipinski definition) is 7. The average molecular weight is 590 g/mol. The summed E-state index contributed by atoms with van der Waals surface area (Å²) in [5.41, 5.74) is 6.03. The molecule has 8 N–H and O–H groups in total. The number of anilines is 1. The van der Waals surface area contributed by atoms with Gasteiger partial charge in [-0.3, -0.25) is 28.8 Å². The van der Waals surface area contributed by atoms with Crippen LogP contribution >= 0.6 is 11.3 Å². The van der Waals surface area contributed by atoms with Crippen LogP contribution in [0.3, 0.4) is 0 Å². The second-order valence-corrected chi connectivity index (χ2v) is 10.7. The Morgan fingerprint density at radius 3 is 2.12 bits per heavy atom. The van der Waals surface area contributed by atoms with Crippen molar-refractivity contribution in [3.05, 3.63) is 40.9 Å². The van der Waals surface area contributed by atoms with E-state index in [9.17, 15) is 33.9 Å². The Balaban J connectivity index is 1.83. The molecule has 0 bridgehead atoms. The highest BCUT2D eigenvalue weighted by Gasteiger charge is 2.28. The number of carbonyl (C=O) groups is 6. The van der Waals surface area contributed by atoms with Gasteiger partial charge in [0.25, 0.3) is 0 Å². The molecule has 1 aromatic carbocycles. The molecule has 0 unspecified atom stereocenters. The Morgan fingerprint density at radius 2 is 1.56 bits per heavy atom. The number of amides is 5. The van der Waals surface area contributed by atoms with Crippen molar-refractivity contribution < 1.29 is 33.9 Å². The smallest absolute Gasteiger partial charge is 0.243 e. The second-order valence-electron chi connectivity index (χ2n) is 9.62. The molecule has 0 saturated carbocycles. The van der Waals surface area contributed by atoms with Gasteiger partial charge >= 0.3 is 0 Å². The van der Waals surface area contributed by atoms with Crippen LogP contribution in [0.1, 0.15) is 42.9 Å². The lowest BCUT2D eigenvalue weighted by Gasteiger charge is -2.24. The van der Waals surface area contributed by atoms with Gasteiger partial charge in [-0.05, 0) is 37.5 Å². The lowest BCUT2D eigenvalue weighted by atomic mass is 10.0. The minimum Gasteiger partial charge on any atom is -0.508 e. The Bertz CT molecular complexity index is 1250. The van der Waals surface area contributed by atoms with Crippen LogP contribution in [-0.4, -0.2) is 76.6 Å². The molecule has 15 heteroatoms. The van der Waals surface area contributed by atoms with E-state index in [1.54, 1.807) is 26.0 Å². The van der Waals surface area contributed by atoms with Gasteiger partial charge in [0.05, 0.1) is 17.6 Å². The molecule has 1 aromatic heterocycles. The lowest BCUT2D eigenvalue weighted by molar-refractivity contribution is -0.132. The first-order valence-corrected chi connectivity index (χ1v) is 13.5. The van der Waals surface area contributed by atoms with Gasteiger partial charge in [-0.1, -0.05) is 37.3 Å². The molecule has 2 rings (SSSR count). The Morgan fingerprint density at radius 1 is 0.951 bits per heavy atom. The summed E-state index contributed by atoms with van der Waals surface area (Å²) >= 11 is 1.09. The van der Waals surface area contributed by atoms with Crippen molar-refractivity contribution in [2.24, 2.45) is 11.7 Å². The number of nitrogens with two attached hydrogens (primary N) is 1. The van der Waals surface area contributed by atoms with E-state index in [1.165, 1.54) is 32.2 Å². The zero-order valence-corrected chi connectivity index (χ0v) is 23.9. The summed E-state index contributed by atoms with van der Waals surface area (Å²) in [5.74, 6) is -3.36. The molecule has 222 valence electrons. The van der Waals surface area contributed by atoms with Crippen LogP contribution in [0.15, 0.2) is 30.5 Å². The van der Waals surface area contributed by atoms with Crippen LogP contribution in [0.2, 0.25) is 0 Å². The van der Waals surface area contributed by atoms with Crippen molar-refractivity contribution in [1.82, 2.24) is 26.3 Å². The largest absolute Gasteiger partial charge is 0.508 e. The molecule has 2 aromatic rings. The van der Waals surface area contributed by atoms with E-state index in [1.807, 2.05) is 0 Å². The molecule has 4 atom stereocenters.